The summed E-state index contributed by atoms with van der Waals surface area (Å²) in [5.74, 6) is 0.935. The van der Waals surface area contributed by atoms with Crippen LogP contribution in [0.25, 0.3) is 0 Å². The molecule has 0 N–H and O–H groups in total. The average molecular weight is 375 g/mol. The van der Waals surface area contributed by atoms with Crippen LogP contribution in [0, 0.1) is 0 Å². The summed E-state index contributed by atoms with van der Waals surface area (Å²) >= 11 is 14.7. The molecule has 3 nitrogen and oxygen atoms in total. The van der Waals surface area contributed by atoms with Crippen molar-refractivity contribution in [2.24, 2.45) is 0 Å². The lowest BCUT2D eigenvalue weighted by atomic mass is 10.4. The molecule has 128 valence electrons. The third-order valence-corrected chi connectivity index (χ3v) is 3.86. The molecule has 0 rings (SSSR count). The quantitative estimate of drug-likeness (QED) is 0.322. The van der Waals surface area contributed by atoms with E-state index in [9.17, 15) is 0 Å². The minimum absolute atomic E-state index is 0.259. The van der Waals surface area contributed by atoms with Gasteiger partial charge in [-0.2, -0.15) is 49.6 Å². The van der Waals surface area contributed by atoms with Crippen LogP contribution in [-0.2, 0) is 14.2 Å². The van der Waals surface area contributed by atoms with Crippen molar-refractivity contribution in [3.63, 3.8) is 0 Å². The van der Waals surface area contributed by atoms with Gasteiger partial charge in [-0.15, -0.1) is 0 Å². The Morgan fingerprint density at radius 2 is 1.14 bits per heavy atom. The maximum atomic E-state index is 5.66. The number of rotatable bonds is 14. The van der Waals surface area contributed by atoms with Gasteiger partial charge >= 0.3 is 0 Å². The molecule has 21 heavy (non-hydrogen) atoms. The highest BCUT2D eigenvalue weighted by atomic mass is 32.2. The van der Waals surface area contributed by atoms with Gasteiger partial charge in [0, 0.05) is 21.5 Å². The van der Waals surface area contributed by atoms with Gasteiger partial charge in [-0.05, 0) is 0 Å². The molecule has 7 heteroatoms. The van der Waals surface area contributed by atoms with Gasteiger partial charge in [0.25, 0.3) is 0 Å². The predicted molar refractivity (Wildman–Crippen MR) is 104 cm³/mol. The van der Waals surface area contributed by atoms with Crippen LogP contribution in [0.5, 0.6) is 0 Å². The van der Waals surface area contributed by atoms with Crippen molar-refractivity contribution in [1.29, 1.82) is 0 Å². The highest BCUT2D eigenvalue weighted by molar-refractivity contribution is 8.00. The van der Waals surface area contributed by atoms with Crippen LogP contribution >= 0.6 is 49.6 Å². The molecule has 0 spiro atoms. The van der Waals surface area contributed by atoms with Crippen LogP contribution in [0.15, 0.2) is 0 Å². The molecule has 0 aromatic heterocycles. The average Bonchev–Trinajstić information content (AvgIpc) is 2.36. The number of thiol groups is 3. The molecular weight excluding hydrogens is 344 g/mol. The van der Waals surface area contributed by atoms with E-state index >= 15 is 0 Å². The van der Waals surface area contributed by atoms with Gasteiger partial charge in [0.1, 0.15) is 0 Å². The van der Waals surface area contributed by atoms with Crippen LogP contribution in [0.2, 0.25) is 0 Å². The molecule has 0 aliphatic carbocycles. The van der Waals surface area contributed by atoms with E-state index in [4.69, 9.17) is 14.2 Å². The van der Waals surface area contributed by atoms with Gasteiger partial charge in [0.15, 0.2) is 0 Å². The summed E-state index contributed by atoms with van der Waals surface area (Å²) in [6.07, 6.45) is 0. The Morgan fingerprint density at radius 3 is 1.57 bits per heavy atom. The third-order valence-electron chi connectivity index (χ3n) is 2.27. The van der Waals surface area contributed by atoms with Gasteiger partial charge in [-0.3, -0.25) is 0 Å². The van der Waals surface area contributed by atoms with Crippen molar-refractivity contribution in [3.8, 4) is 0 Å². The Bertz CT molecular complexity index is 214. The van der Waals surface area contributed by atoms with E-state index in [1.165, 1.54) is 0 Å². The Balaban J connectivity index is 3.82. The van der Waals surface area contributed by atoms with Crippen molar-refractivity contribution < 1.29 is 14.2 Å². The van der Waals surface area contributed by atoms with Crippen molar-refractivity contribution in [2.45, 2.75) is 41.8 Å². The first-order valence-electron chi connectivity index (χ1n) is 7.30. The summed E-state index contributed by atoms with van der Waals surface area (Å²) in [5, 5.41) is 1.12. The first kappa shape index (κ1) is 22.3. The van der Waals surface area contributed by atoms with Crippen LogP contribution in [0.3, 0.4) is 0 Å². The second-order valence-corrected chi connectivity index (χ2v) is 9.24. The molecular formula is C14H30O3S4. The number of hydrogen-bond donors (Lipinski definition) is 3. The second-order valence-electron chi connectivity index (χ2n) is 5.19. The second kappa shape index (κ2) is 14.8. The smallest absolute Gasteiger partial charge is 0.0607 e. The fraction of sp³-hybridized carbons (Fsp3) is 1.00. The SMILES string of the molecule is CC(S)COCCSC(COCC(C)S)COCC(C)S. The summed E-state index contributed by atoms with van der Waals surface area (Å²) < 4.78 is 16.8. The van der Waals surface area contributed by atoms with E-state index in [-0.39, 0.29) is 15.7 Å². The van der Waals surface area contributed by atoms with E-state index in [2.05, 4.69) is 37.9 Å². The molecule has 3 unspecified atom stereocenters. The van der Waals surface area contributed by atoms with Crippen LogP contribution < -0.4 is 0 Å². The van der Waals surface area contributed by atoms with Gasteiger partial charge in [-0.25, -0.2) is 0 Å². The van der Waals surface area contributed by atoms with Crippen LogP contribution in [0.4, 0.5) is 0 Å². The normalized spacial score (nSPS) is 17.4. The summed E-state index contributed by atoms with van der Waals surface area (Å²) in [4.78, 5) is 0. The van der Waals surface area contributed by atoms with Gasteiger partial charge < -0.3 is 14.2 Å². The molecule has 3 atom stereocenters. The maximum Gasteiger partial charge on any atom is 0.0607 e. The highest BCUT2D eigenvalue weighted by Crippen LogP contribution is 2.13. The lowest BCUT2D eigenvalue weighted by Crippen LogP contribution is -2.23. The number of hydrogen-bond acceptors (Lipinski definition) is 7. The molecule has 0 bridgehead atoms. The van der Waals surface area contributed by atoms with Crippen LogP contribution in [-0.4, -0.2) is 66.4 Å². The Morgan fingerprint density at radius 1 is 0.714 bits per heavy atom. The van der Waals surface area contributed by atoms with Crippen molar-refractivity contribution >= 4 is 49.6 Å². The van der Waals surface area contributed by atoms with Crippen molar-refractivity contribution in [1.82, 2.24) is 0 Å². The molecule has 0 aliphatic rings. The zero-order chi connectivity index (χ0) is 16.1. The lowest BCUT2D eigenvalue weighted by Gasteiger charge is -2.18. The van der Waals surface area contributed by atoms with Crippen molar-refractivity contribution in [3.05, 3.63) is 0 Å². The maximum absolute atomic E-state index is 5.66. The fourth-order valence-electron chi connectivity index (χ4n) is 1.41. The zero-order valence-electron chi connectivity index (χ0n) is 13.2. The minimum Gasteiger partial charge on any atom is -0.379 e. The third kappa shape index (κ3) is 17.5. The van der Waals surface area contributed by atoms with E-state index in [0.29, 0.717) is 38.3 Å². The first-order chi connectivity index (χ1) is 9.91. The molecule has 0 aromatic rings. The standard InChI is InChI=1S/C14H30O3S4/c1-11(18)6-15-4-5-21-14(9-16-7-12(2)19)10-17-8-13(3)20/h11-14,18-20H,4-10H2,1-3H3. The largest absolute Gasteiger partial charge is 0.379 e. The van der Waals surface area contributed by atoms with Gasteiger partial charge in [-0.1, -0.05) is 20.8 Å². The molecule has 0 amide bonds. The number of thioether (sulfide) groups is 1. The Hall–Kier alpha value is 1.28. The zero-order valence-corrected chi connectivity index (χ0v) is 16.7. The predicted octanol–water partition coefficient (Wildman–Crippen LogP) is 3.09. The van der Waals surface area contributed by atoms with Gasteiger partial charge in [0.2, 0.25) is 0 Å². The van der Waals surface area contributed by atoms with E-state index in [0.717, 1.165) is 12.4 Å². The molecule has 0 fully saturated rings. The summed E-state index contributed by atoms with van der Waals surface area (Å²) in [6, 6.07) is 0. The lowest BCUT2D eigenvalue weighted by molar-refractivity contribution is 0.0908. The van der Waals surface area contributed by atoms with Gasteiger partial charge in [0.05, 0.1) is 44.9 Å². The Kier molecular flexibility index (Phi) is 15.8. The summed E-state index contributed by atoms with van der Waals surface area (Å²) in [7, 11) is 0. The van der Waals surface area contributed by atoms with Crippen molar-refractivity contribution in [2.75, 3.05) is 45.4 Å². The molecule has 0 aromatic carbocycles. The summed E-state index contributed by atoms with van der Waals surface area (Å²) in [5.41, 5.74) is 0. The number of ether oxygens (including phenoxy) is 3. The Labute approximate surface area is 150 Å². The molecule has 0 saturated heterocycles. The van der Waals surface area contributed by atoms with Crippen LogP contribution in [0.1, 0.15) is 20.8 Å². The first-order valence-corrected chi connectivity index (χ1v) is 9.90. The van der Waals surface area contributed by atoms with E-state index in [1.54, 1.807) is 0 Å². The fourth-order valence-corrected chi connectivity index (χ4v) is 2.66. The highest BCUT2D eigenvalue weighted by Gasteiger charge is 2.11. The summed E-state index contributed by atoms with van der Waals surface area (Å²) in [6.45, 7) is 10.2. The van der Waals surface area contributed by atoms with E-state index in [1.807, 2.05) is 32.5 Å². The molecule has 0 saturated carbocycles. The molecule has 0 radical (unpaired) electrons. The topological polar surface area (TPSA) is 27.7 Å². The molecule has 0 heterocycles. The minimum atomic E-state index is 0.259. The monoisotopic (exact) mass is 374 g/mol. The van der Waals surface area contributed by atoms with E-state index < -0.39 is 0 Å². The molecule has 0 aliphatic heterocycles.